The minimum absolute atomic E-state index is 0.0938. The van der Waals surface area contributed by atoms with Gasteiger partial charge in [-0.1, -0.05) is 35.6 Å². The summed E-state index contributed by atoms with van der Waals surface area (Å²) in [5, 5.41) is 14.5. The Bertz CT molecular complexity index is 954. The number of rotatable bonds is 6. The van der Waals surface area contributed by atoms with Gasteiger partial charge in [0.05, 0.1) is 0 Å². The second kappa shape index (κ2) is 8.55. The van der Waals surface area contributed by atoms with Crippen molar-refractivity contribution in [2.24, 2.45) is 0 Å². The molecule has 0 radical (unpaired) electrons. The highest BCUT2D eigenvalue weighted by molar-refractivity contribution is 7.13. The number of amides is 2. The highest BCUT2D eigenvalue weighted by atomic mass is 32.1. The summed E-state index contributed by atoms with van der Waals surface area (Å²) < 4.78 is 0. The van der Waals surface area contributed by atoms with E-state index in [1.807, 2.05) is 50.2 Å². The van der Waals surface area contributed by atoms with Gasteiger partial charge in [0.25, 0.3) is 5.91 Å². The van der Waals surface area contributed by atoms with Crippen LogP contribution in [0.4, 0.5) is 11.4 Å². The van der Waals surface area contributed by atoms with E-state index < -0.39 is 0 Å². The molecule has 0 atom stereocenters. The van der Waals surface area contributed by atoms with Crippen LogP contribution in [0.1, 0.15) is 32.4 Å². The van der Waals surface area contributed by atoms with Gasteiger partial charge in [0, 0.05) is 24.2 Å². The maximum atomic E-state index is 12.2. The number of hydrogen-bond acceptors (Lipinski definition) is 5. The average molecular weight is 380 g/mol. The zero-order valence-electron chi connectivity index (χ0n) is 15.2. The largest absolute Gasteiger partial charge is 0.326 e. The quantitative estimate of drug-likeness (QED) is 0.677. The first-order chi connectivity index (χ1) is 13.0. The summed E-state index contributed by atoms with van der Waals surface area (Å²) in [6.45, 7) is 4.04. The van der Waals surface area contributed by atoms with Gasteiger partial charge in [-0.15, -0.1) is 10.2 Å². The van der Waals surface area contributed by atoms with Crippen LogP contribution in [0.15, 0.2) is 48.5 Å². The smallest absolute Gasteiger partial charge is 0.286 e. The normalized spacial score (nSPS) is 10.4. The third-order valence-electron chi connectivity index (χ3n) is 4.05. The minimum atomic E-state index is -0.301. The van der Waals surface area contributed by atoms with Gasteiger partial charge in [0.2, 0.25) is 10.9 Å². The van der Waals surface area contributed by atoms with Gasteiger partial charge in [0.1, 0.15) is 5.01 Å². The van der Waals surface area contributed by atoms with Crippen molar-refractivity contribution in [3.63, 3.8) is 0 Å². The highest BCUT2D eigenvalue weighted by Gasteiger charge is 2.14. The molecule has 1 heterocycles. The number of benzene rings is 2. The molecule has 0 saturated heterocycles. The van der Waals surface area contributed by atoms with Gasteiger partial charge in [-0.2, -0.15) is 0 Å². The van der Waals surface area contributed by atoms with E-state index in [4.69, 9.17) is 0 Å². The van der Waals surface area contributed by atoms with Crippen LogP contribution in [-0.4, -0.2) is 22.0 Å². The standard InChI is InChI=1S/C20H20N4O2S/c1-13-8-9-16(12-14(13)2)21-17(25)10-11-18-23-24-20(27-18)19(26)22-15-6-4-3-5-7-15/h3-9,12H,10-11H2,1-2H3,(H,21,25)(H,22,26). The molecule has 7 heteroatoms. The molecular formula is C20H20N4O2S. The van der Waals surface area contributed by atoms with Crippen molar-refractivity contribution >= 4 is 34.5 Å². The van der Waals surface area contributed by atoms with E-state index in [9.17, 15) is 9.59 Å². The van der Waals surface area contributed by atoms with Crippen LogP contribution < -0.4 is 10.6 Å². The van der Waals surface area contributed by atoms with Gasteiger partial charge in [-0.25, -0.2) is 0 Å². The Hall–Kier alpha value is -3.06. The molecule has 27 heavy (non-hydrogen) atoms. The number of nitrogens with zero attached hydrogens (tertiary/aromatic N) is 2. The number of carbonyl (C=O) groups excluding carboxylic acids is 2. The predicted octanol–water partition coefficient (Wildman–Crippen LogP) is 3.98. The molecule has 1 aromatic heterocycles. The first-order valence-corrected chi connectivity index (χ1v) is 9.39. The van der Waals surface area contributed by atoms with Crippen LogP contribution >= 0.6 is 11.3 Å². The number of para-hydroxylation sites is 1. The van der Waals surface area contributed by atoms with E-state index >= 15 is 0 Å². The van der Waals surface area contributed by atoms with Crippen molar-refractivity contribution in [3.05, 3.63) is 69.7 Å². The SMILES string of the molecule is Cc1ccc(NC(=O)CCc2nnc(C(=O)Nc3ccccc3)s2)cc1C. The molecular weight excluding hydrogens is 360 g/mol. The minimum Gasteiger partial charge on any atom is -0.326 e. The Morgan fingerprint density at radius 1 is 0.926 bits per heavy atom. The number of carbonyl (C=O) groups is 2. The average Bonchev–Trinajstić information content (AvgIpc) is 3.13. The molecule has 0 saturated carbocycles. The molecule has 0 unspecified atom stereocenters. The Kier molecular flexibility index (Phi) is 5.93. The monoisotopic (exact) mass is 380 g/mol. The van der Waals surface area contributed by atoms with Crippen molar-refractivity contribution in [2.45, 2.75) is 26.7 Å². The second-order valence-electron chi connectivity index (χ2n) is 6.17. The van der Waals surface area contributed by atoms with Crippen LogP contribution in [0, 0.1) is 13.8 Å². The number of nitrogens with one attached hydrogen (secondary N) is 2. The van der Waals surface area contributed by atoms with E-state index in [1.54, 1.807) is 12.1 Å². The number of anilines is 2. The van der Waals surface area contributed by atoms with Crippen LogP contribution in [0.5, 0.6) is 0 Å². The molecule has 0 bridgehead atoms. The van der Waals surface area contributed by atoms with E-state index in [0.717, 1.165) is 11.3 Å². The summed E-state index contributed by atoms with van der Waals surface area (Å²) in [6.07, 6.45) is 0.717. The Labute approximate surface area is 161 Å². The highest BCUT2D eigenvalue weighted by Crippen LogP contribution is 2.17. The summed E-state index contributed by atoms with van der Waals surface area (Å²) in [7, 11) is 0. The molecule has 3 rings (SSSR count). The van der Waals surface area contributed by atoms with Crippen molar-refractivity contribution in [2.75, 3.05) is 10.6 Å². The molecule has 2 N–H and O–H groups in total. The molecule has 138 valence electrons. The van der Waals surface area contributed by atoms with Crippen LogP contribution in [-0.2, 0) is 11.2 Å². The van der Waals surface area contributed by atoms with Gasteiger partial charge in [-0.05, 0) is 49.2 Å². The number of aromatic nitrogens is 2. The molecule has 3 aromatic rings. The first-order valence-electron chi connectivity index (χ1n) is 8.57. The number of aryl methyl sites for hydroxylation is 3. The molecule has 6 nitrogen and oxygen atoms in total. The zero-order chi connectivity index (χ0) is 19.2. The maximum absolute atomic E-state index is 12.2. The summed E-state index contributed by atoms with van der Waals surface area (Å²) in [6, 6.07) is 15.0. The third kappa shape index (κ3) is 5.21. The van der Waals surface area contributed by atoms with Crippen LogP contribution in [0.3, 0.4) is 0 Å². The van der Waals surface area contributed by atoms with E-state index in [0.29, 0.717) is 17.1 Å². The Morgan fingerprint density at radius 3 is 2.44 bits per heavy atom. The fourth-order valence-electron chi connectivity index (χ4n) is 2.42. The second-order valence-corrected chi connectivity index (χ2v) is 7.23. The summed E-state index contributed by atoms with van der Waals surface area (Å²) in [4.78, 5) is 24.3. The predicted molar refractivity (Wildman–Crippen MR) is 107 cm³/mol. The van der Waals surface area contributed by atoms with E-state index in [1.165, 1.54) is 16.9 Å². The topological polar surface area (TPSA) is 84.0 Å². The fraction of sp³-hybridized carbons (Fsp3) is 0.200. The van der Waals surface area contributed by atoms with Gasteiger partial charge in [-0.3, -0.25) is 9.59 Å². The Morgan fingerprint density at radius 2 is 1.70 bits per heavy atom. The van der Waals surface area contributed by atoms with E-state index in [2.05, 4.69) is 20.8 Å². The molecule has 0 aliphatic rings. The van der Waals surface area contributed by atoms with Gasteiger partial charge >= 0.3 is 0 Å². The summed E-state index contributed by atoms with van der Waals surface area (Å²) in [5.74, 6) is -0.395. The molecule has 0 fully saturated rings. The number of hydrogen-bond donors (Lipinski definition) is 2. The lowest BCUT2D eigenvalue weighted by molar-refractivity contribution is -0.116. The lowest BCUT2D eigenvalue weighted by atomic mass is 10.1. The van der Waals surface area contributed by atoms with Crippen LogP contribution in [0.2, 0.25) is 0 Å². The van der Waals surface area contributed by atoms with Crippen molar-refractivity contribution < 1.29 is 9.59 Å². The maximum Gasteiger partial charge on any atom is 0.286 e. The Balaban J connectivity index is 1.52. The molecule has 0 aliphatic carbocycles. The molecule has 0 spiro atoms. The van der Waals surface area contributed by atoms with Crippen LogP contribution in [0.25, 0.3) is 0 Å². The van der Waals surface area contributed by atoms with E-state index in [-0.39, 0.29) is 23.2 Å². The lowest BCUT2D eigenvalue weighted by Crippen LogP contribution is -2.12. The zero-order valence-corrected chi connectivity index (χ0v) is 16.0. The lowest BCUT2D eigenvalue weighted by Gasteiger charge is -2.07. The molecule has 2 aromatic carbocycles. The fourth-order valence-corrected chi connectivity index (χ4v) is 3.15. The molecule has 0 aliphatic heterocycles. The summed E-state index contributed by atoms with van der Waals surface area (Å²) >= 11 is 1.20. The molecule has 2 amide bonds. The van der Waals surface area contributed by atoms with Crippen molar-refractivity contribution in [1.82, 2.24) is 10.2 Å². The summed E-state index contributed by atoms with van der Waals surface area (Å²) in [5.41, 5.74) is 3.80. The van der Waals surface area contributed by atoms with Crippen molar-refractivity contribution in [3.8, 4) is 0 Å². The third-order valence-corrected chi connectivity index (χ3v) is 5.03. The first kappa shape index (κ1) is 18.7. The van der Waals surface area contributed by atoms with Gasteiger partial charge in [0.15, 0.2) is 0 Å². The van der Waals surface area contributed by atoms with Crippen molar-refractivity contribution in [1.29, 1.82) is 0 Å². The van der Waals surface area contributed by atoms with Gasteiger partial charge < -0.3 is 10.6 Å².